The highest BCUT2D eigenvalue weighted by Gasteiger charge is 2.26. The lowest BCUT2D eigenvalue weighted by molar-refractivity contribution is 0.756. The summed E-state index contributed by atoms with van der Waals surface area (Å²) in [5, 5.41) is 19.2. The van der Waals surface area contributed by atoms with Crippen molar-refractivity contribution in [2.45, 2.75) is 12.2 Å². The second-order valence-corrected chi connectivity index (χ2v) is 13.0. The van der Waals surface area contributed by atoms with Crippen molar-refractivity contribution in [3.05, 3.63) is 215 Å². The van der Waals surface area contributed by atoms with Gasteiger partial charge in [0.25, 0.3) is 0 Å². The minimum absolute atomic E-state index is 0.0692. The second-order valence-electron chi connectivity index (χ2n) is 13.0. The van der Waals surface area contributed by atoms with E-state index in [-0.39, 0.29) is 12.2 Å². The van der Waals surface area contributed by atoms with Crippen LogP contribution in [0.1, 0.15) is 51.2 Å². The standard InChI is InChI=1S/C47H33N5/c48-30-31-20-22-34(23-21-31)42-29-41(32-12-4-1-5-13-32)44-39-19-11-10-18-38(39)40(28-43(44)49-42)33-24-26-37(27-25-33)47-51-45(35-14-6-2-7-15-35)50-46(52-47)36-16-8-3-9-17-36/h1-29,42,45,49H,(H,50,51,52). The van der Waals surface area contributed by atoms with Gasteiger partial charge in [-0.1, -0.05) is 152 Å². The van der Waals surface area contributed by atoms with E-state index in [0.717, 1.165) is 50.7 Å². The molecule has 0 aromatic heterocycles. The SMILES string of the molecule is N#Cc1ccc(C2C=C(c3ccccc3)c3c(cc(-c4ccc(C5=NC(c6ccccc6)N=C(c6ccccc6)N5)cc4)c4ccccc34)N2)cc1. The molecule has 52 heavy (non-hydrogen) atoms. The third-order valence-corrected chi connectivity index (χ3v) is 9.80. The van der Waals surface area contributed by atoms with Crippen molar-refractivity contribution in [3.8, 4) is 17.2 Å². The molecular formula is C47H33N5. The Bertz CT molecular complexity index is 2550. The Morgan fingerprint density at radius 3 is 1.73 bits per heavy atom. The van der Waals surface area contributed by atoms with Gasteiger partial charge in [-0.15, -0.1) is 0 Å². The summed E-state index contributed by atoms with van der Waals surface area (Å²) < 4.78 is 0. The fraction of sp³-hybridized carbons (Fsp3) is 0.0426. The van der Waals surface area contributed by atoms with Crippen molar-refractivity contribution in [1.29, 1.82) is 5.26 Å². The van der Waals surface area contributed by atoms with E-state index in [1.807, 2.05) is 60.7 Å². The molecule has 2 aliphatic rings. The maximum Gasteiger partial charge on any atom is 0.169 e. The van der Waals surface area contributed by atoms with Crippen LogP contribution in [0.5, 0.6) is 0 Å². The molecular weight excluding hydrogens is 635 g/mol. The predicted octanol–water partition coefficient (Wildman–Crippen LogP) is 10.5. The highest BCUT2D eigenvalue weighted by molar-refractivity contribution is 6.16. The summed E-state index contributed by atoms with van der Waals surface area (Å²) in [5.41, 5.74) is 11.7. The molecule has 2 heterocycles. The van der Waals surface area contributed by atoms with Gasteiger partial charge in [0.1, 0.15) is 11.7 Å². The molecule has 0 spiro atoms. The summed E-state index contributed by atoms with van der Waals surface area (Å²) in [7, 11) is 0. The van der Waals surface area contributed by atoms with E-state index in [4.69, 9.17) is 9.98 Å². The highest BCUT2D eigenvalue weighted by Crippen LogP contribution is 2.46. The van der Waals surface area contributed by atoms with E-state index in [0.29, 0.717) is 5.56 Å². The van der Waals surface area contributed by atoms with Gasteiger partial charge in [0.15, 0.2) is 6.17 Å². The summed E-state index contributed by atoms with van der Waals surface area (Å²) in [5.74, 6) is 1.59. The number of fused-ring (bicyclic) bond motifs is 3. The number of benzene rings is 7. The van der Waals surface area contributed by atoms with E-state index >= 15 is 0 Å². The molecule has 2 N–H and O–H groups in total. The zero-order valence-corrected chi connectivity index (χ0v) is 28.2. The summed E-state index contributed by atoms with van der Waals surface area (Å²) in [6.07, 6.45) is 1.96. The van der Waals surface area contributed by atoms with Gasteiger partial charge in [-0.05, 0) is 68.4 Å². The van der Waals surface area contributed by atoms with Crippen LogP contribution < -0.4 is 10.6 Å². The van der Waals surface area contributed by atoms with Gasteiger partial charge < -0.3 is 10.6 Å². The molecule has 5 heteroatoms. The number of nitrogens with one attached hydrogen (secondary N) is 2. The number of hydrogen-bond acceptors (Lipinski definition) is 5. The van der Waals surface area contributed by atoms with Gasteiger partial charge in [-0.25, -0.2) is 9.98 Å². The average molecular weight is 668 g/mol. The van der Waals surface area contributed by atoms with Crippen LogP contribution in [0.2, 0.25) is 0 Å². The first-order valence-corrected chi connectivity index (χ1v) is 17.5. The number of aliphatic imine (C=N–C) groups is 2. The number of rotatable bonds is 6. The molecule has 0 bridgehead atoms. The van der Waals surface area contributed by atoms with E-state index < -0.39 is 0 Å². The Balaban J connectivity index is 1.13. The van der Waals surface area contributed by atoms with Crippen molar-refractivity contribution >= 4 is 33.7 Å². The lowest BCUT2D eigenvalue weighted by atomic mass is 9.84. The first-order chi connectivity index (χ1) is 25.7. The topological polar surface area (TPSA) is 72.6 Å². The van der Waals surface area contributed by atoms with Crippen LogP contribution in [0, 0.1) is 11.3 Å². The van der Waals surface area contributed by atoms with Gasteiger partial charge in [-0.2, -0.15) is 5.26 Å². The van der Waals surface area contributed by atoms with Gasteiger partial charge in [-0.3, -0.25) is 0 Å². The van der Waals surface area contributed by atoms with E-state index in [9.17, 15) is 5.26 Å². The summed E-state index contributed by atoms with van der Waals surface area (Å²) in [4.78, 5) is 10.1. The fourth-order valence-corrected chi connectivity index (χ4v) is 7.20. The van der Waals surface area contributed by atoms with Crippen LogP contribution in [0.4, 0.5) is 5.69 Å². The molecule has 9 rings (SSSR count). The lowest BCUT2D eigenvalue weighted by Crippen LogP contribution is -2.36. The van der Waals surface area contributed by atoms with Crippen LogP contribution in [0.3, 0.4) is 0 Å². The van der Waals surface area contributed by atoms with Gasteiger partial charge in [0, 0.05) is 22.4 Å². The molecule has 246 valence electrons. The van der Waals surface area contributed by atoms with Crippen LogP contribution in [0.15, 0.2) is 186 Å². The third-order valence-electron chi connectivity index (χ3n) is 9.80. The smallest absolute Gasteiger partial charge is 0.169 e. The van der Waals surface area contributed by atoms with Crippen LogP contribution >= 0.6 is 0 Å². The summed E-state index contributed by atoms with van der Waals surface area (Å²) >= 11 is 0. The molecule has 2 atom stereocenters. The molecule has 0 saturated heterocycles. The Morgan fingerprint density at radius 1 is 0.519 bits per heavy atom. The molecule has 2 aliphatic heterocycles. The van der Waals surface area contributed by atoms with Crippen LogP contribution in [0.25, 0.3) is 27.5 Å². The van der Waals surface area contributed by atoms with Crippen LogP contribution in [-0.4, -0.2) is 11.7 Å². The van der Waals surface area contributed by atoms with E-state index in [2.05, 4.69) is 132 Å². The number of hydrogen-bond donors (Lipinski definition) is 2. The van der Waals surface area contributed by atoms with Crippen molar-refractivity contribution < 1.29 is 0 Å². The predicted molar refractivity (Wildman–Crippen MR) is 212 cm³/mol. The van der Waals surface area contributed by atoms with E-state index in [1.54, 1.807) is 0 Å². The van der Waals surface area contributed by atoms with Crippen molar-refractivity contribution in [1.82, 2.24) is 5.32 Å². The molecule has 0 aliphatic carbocycles. The molecule has 0 radical (unpaired) electrons. The van der Waals surface area contributed by atoms with Gasteiger partial charge in [0.05, 0.1) is 17.7 Å². The monoisotopic (exact) mass is 667 g/mol. The van der Waals surface area contributed by atoms with Gasteiger partial charge >= 0.3 is 0 Å². The maximum atomic E-state index is 9.42. The molecule has 7 aromatic rings. The fourth-order valence-electron chi connectivity index (χ4n) is 7.20. The van der Waals surface area contributed by atoms with Crippen molar-refractivity contribution in [2.75, 3.05) is 5.32 Å². The molecule has 0 fully saturated rings. The largest absolute Gasteiger partial charge is 0.374 e. The quantitative estimate of drug-likeness (QED) is 0.185. The van der Waals surface area contributed by atoms with Crippen molar-refractivity contribution in [2.24, 2.45) is 9.98 Å². The first kappa shape index (κ1) is 31.0. The number of amidine groups is 2. The molecule has 2 unspecified atom stereocenters. The molecule has 7 aromatic carbocycles. The van der Waals surface area contributed by atoms with Gasteiger partial charge in [0.2, 0.25) is 0 Å². The minimum atomic E-state index is -0.348. The molecule has 0 saturated carbocycles. The zero-order valence-electron chi connectivity index (χ0n) is 28.2. The van der Waals surface area contributed by atoms with Crippen molar-refractivity contribution in [3.63, 3.8) is 0 Å². The number of nitriles is 1. The summed E-state index contributed by atoms with van der Waals surface area (Å²) in [6.45, 7) is 0. The molecule has 5 nitrogen and oxygen atoms in total. The first-order valence-electron chi connectivity index (χ1n) is 17.5. The minimum Gasteiger partial charge on any atom is -0.374 e. The Kier molecular flexibility index (Phi) is 7.96. The second kappa shape index (κ2) is 13.4. The normalized spacial score (nSPS) is 16.3. The zero-order chi connectivity index (χ0) is 34.9. The average Bonchev–Trinajstić information content (AvgIpc) is 3.24. The molecule has 0 amide bonds. The Labute approximate surface area is 303 Å². The third kappa shape index (κ3) is 5.83. The highest BCUT2D eigenvalue weighted by atomic mass is 15.2. The Morgan fingerprint density at radius 2 is 1.08 bits per heavy atom. The van der Waals surface area contributed by atoms with Crippen LogP contribution in [-0.2, 0) is 0 Å². The Hall–Kier alpha value is -7.03. The number of anilines is 1. The number of nitrogens with zero attached hydrogens (tertiary/aromatic N) is 3. The lowest BCUT2D eigenvalue weighted by Gasteiger charge is -2.29. The summed E-state index contributed by atoms with van der Waals surface area (Å²) in [6, 6.07) is 60.7. The van der Waals surface area contributed by atoms with E-state index in [1.165, 1.54) is 27.5 Å². The maximum absolute atomic E-state index is 9.42.